The normalized spacial score (nSPS) is 11.5. The predicted octanol–water partition coefficient (Wildman–Crippen LogP) is 3.92. The molecule has 3 rings (SSSR count). The maximum Gasteiger partial charge on any atom is 0.416 e. The summed E-state index contributed by atoms with van der Waals surface area (Å²) in [5.74, 6) is 0.0864. The van der Waals surface area contributed by atoms with Gasteiger partial charge in [0.2, 0.25) is 0 Å². The lowest BCUT2D eigenvalue weighted by atomic mass is 10.2. The van der Waals surface area contributed by atoms with E-state index >= 15 is 0 Å². The number of benzene rings is 1. The fraction of sp³-hybridized carbons (Fsp3) is 0.125. The lowest BCUT2D eigenvalue weighted by Crippen LogP contribution is -2.23. The summed E-state index contributed by atoms with van der Waals surface area (Å²) in [6.45, 7) is 0.423. The standard InChI is InChI=1S/C16H12F3N3OS/c17-16(18,19)11-3-1-4-12(9-11)22-7-6-20-14(15(22)23)21-10-13-5-2-8-24-13/h1-9H,10H2,(H,20,21). The molecule has 0 radical (unpaired) electrons. The van der Waals surface area contributed by atoms with Crippen LogP contribution in [0.1, 0.15) is 10.4 Å². The molecule has 1 N–H and O–H groups in total. The molecule has 0 atom stereocenters. The van der Waals surface area contributed by atoms with Crippen molar-refractivity contribution in [2.75, 3.05) is 5.32 Å². The van der Waals surface area contributed by atoms with Crippen LogP contribution < -0.4 is 10.9 Å². The highest BCUT2D eigenvalue weighted by Crippen LogP contribution is 2.30. The number of thiophene rings is 1. The first-order valence-corrected chi connectivity index (χ1v) is 7.84. The van der Waals surface area contributed by atoms with Crippen LogP contribution in [-0.2, 0) is 12.7 Å². The number of rotatable bonds is 4. The van der Waals surface area contributed by atoms with Gasteiger partial charge in [-0.2, -0.15) is 13.2 Å². The molecule has 0 unspecified atom stereocenters. The molecule has 3 aromatic rings. The SMILES string of the molecule is O=c1c(NCc2cccs2)nccn1-c1cccc(C(F)(F)F)c1. The molecule has 0 saturated heterocycles. The van der Waals surface area contributed by atoms with Crippen molar-refractivity contribution in [1.29, 1.82) is 0 Å². The highest BCUT2D eigenvalue weighted by molar-refractivity contribution is 7.09. The number of hydrogen-bond donors (Lipinski definition) is 1. The molecule has 8 heteroatoms. The molecular formula is C16H12F3N3OS. The summed E-state index contributed by atoms with van der Waals surface area (Å²) in [4.78, 5) is 17.4. The Morgan fingerprint density at radius 3 is 2.75 bits per heavy atom. The van der Waals surface area contributed by atoms with E-state index in [9.17, 15) is 18.0 Å². The number of hydrogen-bond acceptors (Lipinski definition) is 4. The van der Waals surface area contributed by atoms with Crippen molar-refractivity contribution in [3.05, 3.63) is 75.0 Å². The molecule has 4 nitrogen and oxygen atoms in total. The fourth-order valence-electron chi connectivity index (χ4n) is 2.15. The van der Waals surface area contributed by atoms with Gasteiger partial charge in [-0.05, 0) is 29.6 Å². The van der Waals surface area contributed by atoms with Gasteiger partial charge in [-0.25, -0.2) is 4.98 Å². The quantitative estimate of drug-likeness (QED) is 0.775. The molecule has 2 heterocycles. The van der Waals surface area contributed by atoms with Gasteiger partial charge in [-0.1, -0.05) is 12.1 Å². The third-order valence-corrected chi connectivity index (χ3v) is 4.18. The molecule has 24 heavy (non-hydrogen) atoms. The number of aromatic nitrogens is 2. The van der Waals surface area contributed by atoms with Crippen LogP contribution >= 0.6 is 11.3 Å². The molecule has 2 aromatic heterocycles. The molecule has 0 amide bonds. The first-order chi connectivity index (χ1) is 11.4. The Bertz CT molecular complexity index is 888. The summed E-state index contributed by atoms with van der Waals surface area (Å²) in [5, 5.41) is 4.83. The van der Waals surface area contributed by atoms with Gasteiger partial charge in [0.05, 0.1) is 12.1 Å². The van der Waals surface area contributed by atoms with Gasteiger partial charge in [-0.3, -0.25) is 9.36 Å². The summed E-state index contributed by atoms with van der Waals surface area (Å²) in [5.41, 5.74) is -1.18. The van der Waals surface area contributed by atoms with Crippen molar-refractivity contribution in [3.8, 4) is 5.69 Å². The minimum Gasteiger partial charge on any atom is -0.361 e. The molecule has 0 spiro atoms. The Balaban J connectivity index is 1.92. The lowest BCUT2D eigenvalue weighted by molar-refractivity contribution is -0.137. The van der Waals surface area contributed by atoms with E-state index in [4.69, 9.17) is 0 Å². The van der Waals surface area contributed by atoms with Crippen LogP contribution in [-0.4, -0.2) is 9.55 Å². The Hall–Kier alpha value is -2.61. The van der Waals surface area contributed by atoms with E-state index in [1.54, 1.807) is 0 Å². The fourth-order valence-corrected chi connectivity index (χ4v) is 2.80. The van der Waals surface area contributed by atoms with E-state index in [2.05, 4.69) is 10.3 Å². The first-order valence-electron chi connectivity index (χ1n) is 6.97. The van der Waals surface area contributed by atoms with Gasteiger partial charge in [0.15, 0.2) is 5.82 Å². The predicted molar refractivity (Wildman–Crippen MR) is 86.5 cm³/mol. The van der Waals surface area contributed by atoms with E-state index in [1.807, 2.05) is 17.5 Å². The lowest BCUT2D eigenvalue weighted by Gasteiger charge is -2.11. The average Bonchev–Trinajstić information content (AvgIpc) is 3.07. The van der Waals surface area contributed by atoms with Gasteiger partial charge in [0.1, 0.15) is 0 Å². The highest BCUT2D eigenvalue weighted by Gasteiger charge is 2.30. The second-order valence-corrected chi connectivity index (χ2v) is 5.96. The Labute approximate surface area is 139 Å². The van der Waals surface area contributed by atoms with E-state index in [0.717, 1.165) is 21.6 Å². The van der Waals surface area contributed by atoms with Gasteiger partial charge in [-0.15, -0.1) is 11.3 Å². The van der Waals surface area contributed by atoms with Crippen LogP contribution in [0.15, 0.2) is 59.0 Å². The van der Waals surface area contributed by atoms with Crippen molar-refractivity contribution in [3.63, 3.8) is 0 Å². The second kappa shape index (κ2) is 6.48. The summed E-state index contributed by atoms with van der Waals surface area (Å²) in [6, 6.07) is 8.41. The highest BCUT2D eigenvalue weighted by atomic mass is 32.1. The van der Waals surface area contributed by atoms with Crippen LogP contribution in [0.5, 0.6) is 0 Å². The smallest absolute Gasteiger partial charge is 0.361 e. The zero-order chi connectivity index (χ0) is 17.2. The van der Waals surface area contributed by atoms with Gasteiger partial charge < -0.3 is 5.32 Å². The molecule has 0 bridgehead atoms. The Morgan fingerprint density at radius 1 is 1.21 bits per heavy atom. The van der Waals surface area contributed by atoms with Crippen LogP contribution in [0.2, 0.25) is 0 Å². The van der Waals surface area contributed by atoms with E-state index < -0.39 is 17.3 Å². The van der Waals surface area contributed by atoms with Crippen molar-refractivity contribution in [1.82, 2.24) is 9.55 Å². The van der Waals surface area contributed by atoms with E-state index in [1.165, 1.54) is 35.9 Å². The summed E-state index contributed by atoms with van der Waals surface area (Å²) in [6.07, 6.45) is -1.75. The maximum atomic E-state index is 12.8. The summed E-state index contributed by atoms with van der Waals surface area (Å²) < 4.78 is 39.6. The molecule has 124 valence electrons. The zero-order valence-electron chi connectivity index (χ0n) is 12.2. The Morgan fingerprint density at radius 2 is 2.04 bits per heavy atom. The van der Waals surface area contributed by atoms with Crippen molar-refractivity contribution < 1.29 is 13.2 Å². The van der Waals surface area contributed by atoms with Gasteiger partial charge >= 0.3 is 6.18 Å². The number of nitrogens with zero attached hydrogens (tertiary/aromatic N) is 2. The number of nitrogens with one attached hydrogen (secondary N) is 1. The van der Waals surface area contributed by atoms with Gasteiger partial charge in [0.25, 0.3) is 5.56 Å². The third-order valence-electron chi connectivity index (χ3n) is 3.30. The number of anilines is 1. The summed E-state index contributed by atoms with van der Waals surface area (Å²) in [7, 11) is 0. The van der Waals surface area contributed by atoms with Crippen LogP contribution in [0, 0.1) is 0 Å². The molecule has 1 aromatic carbocycles. The van der Waals surface area contributed by atoms with E-state index in [0.29, 0.717) is 6.54 Å². The zero-order valence-corrected chi connectivity index (χ0v) is 13.1. The molecule has 0 saturated carbocycles. The molecular weight excluding hydrogens is 339 g/mol. The average molecular weight is 351 g/mol. The number of alkyl halides is 3. The second-order valence-electron chi connectivity index (χ2n) is 4.93. The van der Waals surface area contributed by atoms with Crippen LogP contribution in [0.4, 0.5) is 19.0 Å². The minimum atomic E-state index is -4.47. The van der Waals surface area contributed by atoms with Crippen molar-refractivity contribution in [2.45, 2.75) is 12.7 Å². The van der Waals surface area contributed by atoms with Crippen LogP contribution in [0.3, 0.4) is 0 Å². The van der Waals surface area contributed by atoms with Gasteiger partial charge in [0, 0.05) is 23.0 Å². The molecule has 0 fully saturated rings. The number of halogens is 3. The Kier molecular flexibility index (Phi) is 4.39. The molecule has 0 aliphatic heterocycles. The van der Waals surface area contributed by atoms with Crippen LogP contribution in [0.25, 0.3) is 5.69 Å². The third kappa shape index (κ3) is 3.48. The molecule has 0 aliphatic carbocycles. The largest absolute Gasteiger partial charge is 0.416 e. The monoisotopic (exact) mass is 351 g/mol. The minimum absolute atomic E-state index is 0.0864. The molecule has 0 aliphatic rings. The topological polar surface area (TPSA) is 46.9 Å². The maximum absolute atomic E-state index is 12.8. The first kappa shape index (κ1) is 16.3. The van der Waals surface area contributed by atoms with Crippen molar-refractivity contribution >= 4 is 17.2 Å². The van der Waals surface area contributed by atoms with Crippen molar-refractivity contribution in [2.24, 2.45) is 0 Å². The summed E-state index contributed by atoms with van der Waals surface area (Å²) >= 11 is 1.53. The van der Waals surface area contributed by atoms with E-state index in [-0.39, 0.29) is 11.5 Å².